The Labute approximate surface area is 175 Å². The van der Waals surface area contributed by atoms with Crippen molar-refractivity contribution in [1.82, 2.24) is 15.6 Å². The number of hydrogen-bond acceptors (Lipinski definition) is 4. The van der Waals surface area contributed by atoms with E-state index in [9.17, 15) is 18.4 Å². The highest BCUT2D eigenvalue weighted by Gasteiger charge is 2.26. The van der Waals surface area contributed by atoms with Crippen molar-refractivity contribution in [3.63, 3.8) is 0 Å². The number of hydrogen-bond donors (Lipinski definition) is 2. The molecular formula is C19H20F2IN3O3. The molecule has 2 N–H and O–H groups in total. The number of amides is 2. The number of aromatic nitrogens is 1. The van der Waals surface area contributed by atoms with Gasteiger partial charge in [-0.1, -0.05) is 12.1 Å². The number of pyridine rings is 1. The Morgan fingerprint density at radius 3 is 2.61 bits per heavy atom. The monoisotopic (exact) mass is 503 g/mol. The molecular weight excluding hydrogens is 483 g/mol. The summed E-state index contributed by atoms with van der Waals surface area (Å²) in [4.78, 5) is 28.7. The molecule has 150 valence electrons. The van der Waals surface area contributed by atoms with Crippen LogP contribution in [-0.4, -0.2) is 27.5 Å². The van der Waals surface area contributed by atoms with Gasteiger partial charge in [0.25, 0.3) is 11.8 Å². The van der Waals surface area contributed by atoms with Gasteiger partial charge in [-0.05, 0) is 50.6 Å². The molecule has 0 radical (unpaired) electrons. The number of nitrogens with one attached hydrogen (secondary N) is 2. The van der Waals surface area contributed by atoms with E-state index in [2.05, 4.69) is 20.4 Å². The first-order valence-electron chi connectivity index (χ1n) is 8.52. The second kappa shape index (κ2) is 9.26. The number of benzene rings is 1. The lowest BCUT2D eigenvalue weighted by molar-refractivity contribution is -0.0692. The highest BCUT2D eigenvalue weighted by molar-refractivity contribution is 14.1. The average Bonchev–Trinajstić information content (AvgIpc) is 2.60. The summed E-state index contributed by atoms with van der Waals surface area (Å²) < 4.78 is 27.3. The quantitative estimate of drug-likeness (QED) is 0.443. The van der Waals surface area contributed by atoms with Gasteiger partial charge in [0, 0.05) is 17.8 Å². The first-order valence-corrected chi connectivity index (χ1v) is 9.60. The van der Waals surface area contributed by atoms with Crippen LogP contribution < -0.4 is 15.4 Å². The second-order valence-electron chi connectivity index (χ2n) is 6.06. The summed E-state index contributed by atoms with van der Waals surface area (Å²) in [6.45, 7) is 5.64. The molecule has 1 atom stereocenters. The van der Waals surface area contributed by atoms with Crippen molar-refractivity contribution in [2.45, 2.75) is 30.9 Å². The van der Waals surface area contributed by atoms with E-state index < -0.39 is 16.1 Å². The lowest BCUT2D eigenvalue weighted by Crippen LogP contribution is -2.28. The minimum absolute atomic E-state index is 0.00345. The molecule has 1 unspecified atom stereocenters. The van der Waals surface area contributed by atoms with E-state index in [1.54, 1.807) is 39.0 Å². The van der Waals surface area contributed by atoms with Crippen LogP contribution in [0.1, 0.15) is 52.0 Å². The average molecular weight is 503 g/mol. The van der Waals surface area contributed by atoms with Gasteiger partial charge in [-0.15, -0.1) is 0 Å². The van der Waals surface area contributed by atoms with Crippen molar-refractivity contribution in [3.05, 3.63) is 58.9 Å². The van der Waals surface area contributed by atoms with E-state index in [1.807, 2.05) is 0 Å². The molecule has 1 heterocycles. The third-order valence-corrected chi connectivity index (χ3v) is 3.95. The van der Waals surface area contributed by atoms with E-state index in [0.29, 0.717) is 17.8 Å². The van der Waals surface area contributed by atoms with E-state index in [0.717, 1.165) is 22.6 Å². The van der Waals surface area contributed by atoms with Gasteiger partial charge in [-0.2, -0.15) is 8.78 Å². The van der Waals surface area contributed by atoms with Gasteiger partial charge in [0.2, 0.25) is 0 Å². The van der Waals surface area contributed by atoms with Crippen molar-refractivity contribution >= 4 is 34.4 Å². The first-order chi connectivity index (χ1) is 13.1. The second-order valence-corrected chi connectivity index (χ2v) is 7.31. The minimum Gasteiger partial charge on any atom is -0.425 e. The zero-order chi connectivity index (χ0) is 20.9. The van der Waals surface area contributed by atoms with Crippen molar-refractivity contribution < 1.29 is 23.1 Å². The van der Waals surface area contributed by atoms with E-state index in [1.165, 1.54) is 18.2 Å². The Morgan fingerprint density at radius 2 is 1.96 bits per heavy atom. The number of alkyl halides is 3. The number of aryl methyl sites for hydroxylation is 1. The van der Waals surface area contributed by atoms with Gasteiger partial charge >= 0.3 is 4.12 Å². The van der Waals surface area contributed by atoms with Crippen LogP contribution in [0, 0.1) is 6.92 Å². The van der Waals surface area contributed by atoms with Crippen LogP contribution in [0.2, 0.25) is 0 Å². The van der Waals surface area contributed by atoms with Crippen molar-refractivity contribution in [2.75, 3.05) is 6.54 Å². The maximum atomic E-state index is 13.0. The molecule has 0 aliphatic heterocycles. The molecule has 0 bridgehead atoms. The maximum absolute atomic E-state index is 13.0. The largest absolute Gasteiger partial charge is 0.451 e. The third kappa shape index (κ3) is 6.39. The molecule has 0 aliphatic carbocycles. The van der Waals surface area contributed by atoms with Crippen molar-refractivity contribution in [2.24, 2.45) is 0 Å². The fraction of sp³-hybridized carbons (Fsp3) is 0.316. The molecule has 1 aromatic heterocycles. The summed E-state index contributed by atoms with van der Waals surface area (Å²) in [5.41, 5.74) is 1.56. The molecule has 6 nitrogen and oxygen atoms in total. The molecule has 28 heavy (non-hydrogen) atoms. The Kier molecular flexibility index (Phi) is 7.28. The molecule has 9 heteroatoms. The smallest absolute Gasteiger partial charge is 0.425 e. The number of rotatable bonds is 7. The zero-order valence-electron chi connectivity index (χ0n) is 15.6. The number of halogens is 3. The summed E-state index contributed by atoms with van der Waals surface area (Å²) in [5.74, 6) is -0.775. The fourth-order valence-corrected chi connectivity index (χ4v) is 2.77. The highest BCUT2D eigenvalue weighted by Crippen LogP contribution is 2.29. The van der Waals surface area contributed by atoms with Crippen molar-refractivity contribution in [3.8, 4) is 5.75 Å². The van der Waals surface area contributed by atoms with Crippen LogP contribution in [0.15, 0.2) is 36.4 Å². The lowest BCUT2D eigenvalue weighted by Gasteiger charge is -2.17. The summed E-state index contributed by atoms with van der Waals surface area (Å²) in [6.07, 6.45) is 0. The summed E-state index contributed by atoms with van der Waals surface area (Å²) in [5, 5.41) is 5.42. The Balaban J connectivity index is 2.16. The minimum atomic E-state index is -3.33. The Bertz CT molecular complexity index is 872. The van der Waals surface area contributed by atoms with Crippen LogP contribution in [0.5, 0.6) is 5.75 Å². The number of ether oxygens (including phenoxy) is 1. The van der Waals surface area contributed by atoms with Gasteiger partial charge in [-0.25, -0.2) is 4.98 Å². The topological polar surface area (TPSA) is 80.3 Å². The number of nitrogens with zero attached hydrogens (tertiary/aromatic N) is 1. The molecule has 0 saturated heterocycles. The molecule has 0 saturated carbocycles. The first kappa shape index (κ1) is 22.0. The normalized spacial score (nSPS) is 12.2. The van der Waals surface area contributed by atoms with Crippen LogP contribution in [-0.2, 0) is 0 Å². The molecule has 0 fully saturated rings. The maximum Gasteiger partial charge on any atom is 0.451 e. The summed E-state index contributed by atoms with van der Waals surface area (Å²) >= 11 is 0.890. The molecule has 1 aromatic carbocycles. The van der Waals surface area contributed by atoms with Gasteiger partial charge < -0.3 is 15.4 Å². The number of carbonyl (C=O) groups is 2. The number of carbonyl (C=O) groups excluding carboxylic acids is 2. The Hall–Kier alpha value is -2.30. The Morgan fingerprint density at radius 1 is 1.25 bits per heavy atom. The van der Waals surface area contributed by atoms with E-state index in [4.69, 9.17) is 0 Å². The molecule has 2 rings (SSSR count). The van der Waals surface area contributed by atoms with Gasteiger partial charge in [-0.3, -0.25) is 9.59 Å². The van der Waals surface area contributed by atoms with E-state index in [-0.39, 0.29) is 22.9 Å². The van der Waals surface area contributed by atoms with E-state index >= 15 is 0 Å². The lowest BCUT2D eigenvalue weighted by atomic mass is 10.1. The zero-order valence-corrected chi connectivity index (χ0v) is 17.7. The predicted molar refractivity (Wildman–Crippen MR) is 109 cm³/mol. The van der Waals surface area contributed by atoms with Crippen LogP contribution in [0.4, 0.5) is 8.78 Å². The molecule has 2 amide bonds. The predicted octanol–water partition coefficient (Wildman–Crippen LogP) is 3.99. The standard InChI is InChI=1S/C19H20F2IN3O3/c1-4-23-18(27)16-10-14(8-11(2)24-16)17(26)25-12(3)13-6-5-7-15(9-13)28-19(20,21)22/h5-10,12H,4H2,1-3H3,(H,23,27)(H,25,26). The van der Waals surface area contributed by atoms with Crippen LogP contribution in [0.25, 0.3) is 0 Å². The van der Waals surface area contributed by atoms with Crippen LogP contribution in [0.3, 0.4) is 0 Å². The van der Waals surface area contributed by atoms with Gasteiger partial charge in [0.15, 0.2) is 0 Å². The summed E-state index contributed by atoms with van der Waals surface area (Å²) in [7, 11) is 0. The molecule has 0 spiro atoms. The van der Waals surface area contributed by atoms with Gasteiger partial charge in [0.05, 0.1) is 28.6 Å². The van der Waals surface area contributed by atoms with Crippen molar-refractivity contribution in [1.29, 1.82) is 0 Å². The third-order valence-electron chi connectivity index (χ3n) is 3.72. The molecule has 2 aromatic rings. The van der Waals surface area contributed by atoms with Crippen LogP contribution >= 0.6 is 22.6 Å². The summed E-state index contributed by atoms with van der Waals surface area (Å²) in [6, 6.07) is 8.63. The fourth-order valence-electron chi connectivity index (χ4n) is 2.51. The highest BCUT2D eigenvalue weighted by atomic mass is 127. The van der Waals surface area contributed by atoms with Gasteiger partial charge in [0.1, 0.15) is 11.4 Å². The SMILES string of the molecule is CCNC(=O)c1cc(C(=O)NC(C)c2cccc(OC(F)(F)I)c2)cc(C)n1. The molecule has 0 aliphatic rings.